The Labute approximate surface area is 205 Å². The lowest BCUT2D eigenvalue weighted by Crippen LogP contribution is -2.48. The first-order valence-corrected chi connectivity index (χ1v) is 12.3. The van der Waals surface area contributed by atoms with Gasteiger partial charge in [0.25, 0.3) is 0 Å². The number of furan rings is 1. The van der Waals surface area contributed by atoms with Crippen molar-refractivity contribution in [2.24, 2.45) is 5.16 Å². The minimum absolute atomic E-state index is 0.0286. The fourth-order valence-electron chi connectivity index (χ4n) is 4.91. The minimum Gasteiger partial charge on any atom is -0.467 e. The van der Waals surface area contributed by atoms with Gasteiger partial charge in [0.1, 0.15) is 24.2 Å². The van der Waals surface area contributed by atoms with E-state index in [0.717, 1.165) is 53.6 Å². The van der Waals surface area contributed by atoms with Crippen LogP contribution < -0.4 is 5.32 Å². The van der Waals surface area contributed by atoms with Crippen molar-refractivity contribution in [3.05, 3.63) is 83.8 Å². The lowest BCUT2D eigenvalue weighted by Gasteiger charge is -2.29. The number of benzene rings is 2. The van der Waals surface area contributed by atoms with Crippen LogP contribution in [0.1, 0.15) is 49.0 Å². The van der Waals surface area contributed by atoms with Gasteiger partial charge in [-0.3, -0.25) is 0 Å². The van der Waals surface area contributed by atoms with E-state index in [1.807, 2.05) is 42.5 Å². The number of aliphatic hydroxyl groups excluding tert-OH is 1. The molecule has 3 aromatic rings. The second kappa shape index (κ2) is 10.8. The van der Waals surface area contributed by atoms with Crippen molar-refractivity contribution < 1.29 is 19.2 Å². The summed E-state index contributed by atoms with van der Waals surface area (Å²) in [6.07, 6.45) is 6.14. The zero-order valence-corrected chi connectivity index (χ0v) is 19.7. The highest BCUT2D eigenvalue weighted by Crippen LogP contribution is 2.36. The number of amides is 2. The topological polar surface area (TPSA) is 87.3 Å². The van der Waals surface area contributed by atoms with E-state index in [4.69, 9.17) is 9.25 Å². The maximum Gasteiger partial charge on any atom is 0.318 e. The fourth-order valence-corrected chi connectivity index (χ4v) is 4.91. The van der Waals surface area contributed by atoms with E-state index in [-0.39, 0.29) is 31.8 Å². The van der Waals surface area contributed by atoms with Gasteiger partial charge in [-0.05, 0) is 36.1 Å². The maximum absolute atomic E-state index is 13.0. The van der Waals surface area contributed by atoms with E-state index in [1.54, 1.807) is 17.2 Å². The van der Waals surface area contributed by atoms with Crippen LogP contribution in [0, 0.1) is 0 Å². The van der Waals surface area contributed by atoms with Crippen molar-refractivity contribution in [2.75, 3.05) is 13.2 Å². The number of hydrogen-bond acceptors (Lipinski definition) is 5. The summed E-state index contributed by atoms with van der Waals surface area (Å²) >= 11 is 0. The largest absolute Gasteiger partial charge is 0.467 e. The molecule has 2 amide bonds. The number of fused-ring (bicyclic) bond motifs is 3. The summed E-state index contributed by atoms with van der Waals surface area (Å²) < 4.78 is 5.44. The molecule has 1 saturated carbocycles. The molecule has 1 unspecified atom stereocenters. The molecule has 2 aliphatic carbocycles. The molecule has 0 bridgehead atoms. The summed E-state index contributed by atoms with van der Waals surface area (Å²) in [6, 6.07) is 19.8. The molecule has 0 saturated heterocycles. The van der Waals surface area contributed by atoms with Crippen LogP contribution in [0.25, 0.3) is 11.1 Å². The number of aliphatic hydroxyl groups is 1. The van der Waals surface area contributed by atoms with E-state index < -0.39 is 6.10 Å². The molecule has 1 aromatic heterocycles. The van der Waals surface area contributed by atoms with Crippen molar-refractivity contribution in [1.29, 1.82) is 0 Å². The van der Waals surface area contributed by atoms with Gasteiger partial charge in [0.15, 0.2) is 0 Å². The molecule has 0 spiro atoms. The van der Waals surface area contributed by atoms with E-state index in [0.29, 0.717) is 5.76 Å². The third kappa shape index (κ3) is 5.41. The molecular weight excluding hydrogens is 442 g/mol. The van der Waals surface area contributed by atoms with Crippen LogP contribution in [-0.2, 0) is 11.4 Å². The highest BCUT2D eigenvalue weighted by molar-refractivity contribution is 6.24. The average Bonchev–Trinajstić information content (AvgIpc) is 3.51. The van der Waals surface area contributed by atoms with Crippen LogP contribution in [-0.4, -0.2) is 47.0 Å². The van der Waals surface area contributed by atoms with Gasteiger partial charge >= 0.3 is 6.03 Å². The Bertz CT molecular complexity index is 1120. The zero-order valence-electron chi connectivity index (χ0n) is 19.7. The molecule has 2 aromatic carbocycles. The Balaban J connectivity index is 1.23. The van der Waals surface area contributed by atoms with E-state index >= 15 is 0 Å². The lowest BCUT2D eigenvalue weighted by atomic mass is 9.96. The molecule has 35 heavy (non-hydrogen) atoms. The molecule has 7 heteroatoms. The SMILES string of the molecule is O=C(NC1CCCCC1)N(Cc1ccco1)CC(O)CON=C1c2ccccc2-c2ccccc21. The molecule has 7 nitrogen and oxygen atoms in total. The Kier molecular flexibility index (Phi) is 7.14. The van der Waals surface area contributed by atoms with Gasteiger partial charge in [-0.1, -0.05) is 72.9 Å². The predicted octanol–water partition coefficient (Wildman–Crippen LogP) is 4.93. The highest BCUT2D eigenvalue weighted by Gasteiger charge is 2.26. The first-order valence-electron chi connectivity index (χ1n) is 12.3. The van der Waals surface area contributed by atoms with Crippen LogP contribution in [0.4, 0.5) is 4.79 Å². The number of urea groups is 1. The monoisotopic (exact) mass is 473 g/mol. The van der Waals surface area contributed by atoms with Crippen LogP contribution in [0.2, 0.25) is 0 Å². The van der Waals surface area contributed by atoms with Gasteiger partial charge in [0.05, 0.1) is 19.4 Å². The number of oxime groups is 1. The molecule has 0 aliphatic heterocycles. The summed E-state index contributed by atoms with van der Waals surface area (Å²) in [5, 5.41) is 18.2. The van der Waals surface area contributed by atoms with Gasteiger partial charge < -0.3 is 24.6 Å². The number of nitrogens with zero attached hydrogens (tertiary/aromatic N) is 2. The van der Waals surface area contributed by atoms with E-state index in [9.17, 15) is 9.90 Å². The molecule has 0 radical (unpaired) electrons. The van der Waals surface area contributed by atoms with E-state index in [2.05, 4.69) is 22.6 Å². The summed E-state index contributed by atoms with van der Waals surface area (Å²) in [7, 11) is 0. The van der Waals surface area contributed by atoms with Crippen molar-refractivity contribution in [3.8, 4) is 11.1 Å². The molecule has 2 aliphatic rings. The van der Waals surface area contributed by atoms with E-state index in [1.165, 1.54) is 6.42 Å². The second-order valence-corrected chi connectivity index (χ2v) is 9.22. The van der Waals surface area contributed by atoms with Crippen LogP contribution in [0.15, 0.2) is 76.5 Å². The Morgan fingerprint density at radius 1 is 1.00 bits per heavy atom. The number of hydrogen-bond donors (Lipinski definition) is 2. The Morgan fingerprint density at radius 3 is 2.29 bits per heavy atom. The van der Waals surface area contributed by atoms with Crippen molar-refractivity contribution in [1.82, 2.24) is 10.2 Å². The highest BCUT2D eigenvalue weighted by atomic mass is 16.6. The molecule has 1 heterocycles. The van der Waals surface area contributed by atoms with Crippen LogP contribution in [0.3, 0.4) is 0 Å². The molecule has 5 rings (SSSR count). The van der Waals surface area contributed by atoms with Gasteiger partial charge in [-0.2, -0.15) is 0 Å². The van der Waals surface area contributed by atoms with Crippen LogP contribution in [0.5, 0.6) is 0 Å². The second-order valence-electron chi connectivity index (χ2n) is 9.22. The first kappa shape index (κ1) is 23.2. The predicted molar refractivity (Wildman–Crippen MR) is 134 cm³/mol. The standard InChI is InChI=1S/C28H31N3O4/c32-21(17-31(18-22-11-8-16-34-22)28(33)29-20-9-2-1-3-10-20)19-35-30-27-25-14-6-4-12-23(25)24-13-5-7-15-26(24)27/h4-8,11-16,20-21,32H,1-3,9-10,17-19H2,(H,29,33). The molecule has 182 valence electrons. The summed E-state index contributed by atoms with van der Waals surface area (Å²) in [5.74, 6) is 0.663. The van der Waals surface area contributed by atoms with Gasteiger partial charge in [0.2, 0.25) is 0 Å². The minimum atomic E-state index is -0.904. The third-order valence-corrected chi connectivity index (χ3v) is 6.66. The van der Waals surface area contributed by atoms with Crippen molar-refractivity contribution in [2.45, 2.75) is 50.8 Å². The molecule has 2 N–H and O–H groups in total. The van der Waals surface area contributed by atoms with Gasteiger partial charge in [-0.15, -0.1) is 0 Å². The quantitative estimate of drug-likeness (QED) is 0.355. The van der Waals surface area contributed by atoms with Crippen molar-refractivity contribution >= 4 is 11.7 Å². The normalized spacial score (nSPS) is 15.7. The molecular formula is C28H31N3O4. The van der Waals surface area contributed by atoms with Crippen LogP contribution >= 0.6 is 0 Å². The Morgan fingerprint density at radius 2 is 1.66 bits per heavy atom. The maximum atomic E-state index is 13.0. The Hall–Kier alpha value is -3.58. The summed E-state index contributed by atoms with van der Waals surface area (Å²) in [6.45, 7) is 0.356. The third-order valence-electron chi connectivity index (χ3n) is 6.66. The zero-order chi connectivity index (χ0) is 24.0. The summed E-state index contributed by atoms with van der Waals surface area (Å²) in [4.78, 5) is 20.2. The summed E-state index contributed by atoms with van der Waals surface area (Å²) in [5.41, 5.74) is 5.01. The lowest BCUT2D eigenvalue weighted by molar-refractivity contribution is 0.0230. The smallest absolute Gasteiger partial charge is 0.318 e. The fraction of sp³-hybridized carbons (Fsp3) is 0.357. The number of nitrogens with one attached hydrogen (secondary N) is 1. The average molecular weight is 474 g/mol. The molecule has 1 fully saturated rings. The number of carbonyl (C=O) groups excluding carboxylic acids is 1. The number of rotatable bonds is 8. The number of carbonyl (C=O) groups is 1. The van der Waals surface area contributed by atoms with Gasteiger partial charge in [0, 0.05) is 17.2 Å². The first-order chi connectivity index (χ1) is 17.2. The van der Waals surface area contributed by atoms with Gasteiger partial charge in [-0.25, -0.2) is 4.79 Å². The molecule has 1 atom stereocenters. The van der Waals surface area contributed by atoms with Crippen molar-refractivity contribution in [3.63, 3.8) is 0 Å².